The van der Waals surface area contributed by atoms with Crippen molar-refractivity contribution in [3.05, 3.63) is 29.8 Å². The molecule has 5 nitrogen and oxygen atoms in total. The van der Waals surface area contributed by atoms with Crippen LogP contribution >= 0.6 is 0 Å². The molecule has 0 bridgehead atoms. The summed E-state index contributed by atoms with van der Waals surface area (Å²) in [6.07, 6.45) is 1.68. The lowest BCUT2D eigenvalue weighted by Gasteiger charge is -2.28. The highest BCUT2D eigenvalue weighted by Crippen LogP contribution is 2.22. The van der Waals surface area contributed by atoms with Gasteiger partial charge in [-0.2, -0.15) is 0 Å². The van der Waals surface area contributed by atoms with Crippen molar-refractivity contribution in [3.63, 3.8) is 0 Å². The number of piperazine rings is 1. The number of amides is 2. The molecule has 96 valence electrons. The Balaban J connectivity index is 2.26. The number of nitrogens with one attached hydrogen (secondary N) is 1. The molecule has 0 spiro atoms. The van der Waals surface area contributed by atoms with E-state index >= 15 is 0 Å². The molecular formula is C13H17N3O2. The Morgan fingerprint density at radius 3 is 2.83 bits per heavy atom. The molecule has 3 N–H and O–H groups in total. The van der Waals surface area contributed by atoms with Crippen molar-refractivity contribution in [1.82, 2.24) is 5.32 Å². The number of carbonyl (C=O) groups excluding carboxylic acids is 2. The quantitative estimate of drug-likeness (QED) is 0.738. The van der Waals surface area contributed by atoms with Gasteiger partial charge in [0, 0.05) is 18.8 Å². The van der Waals surface area contributed by atoms with Crippen molar-refractivity contribution in [3.8, 4) is 0 Å². The van der Waals surface area contributed by atoms with Crippen LogP contribution in [0.4, 0.5) is 5.69 Å². The third-order valence-electron chi connectivity index (χ3n) is 2.99. The number of nitrogens with zero attached hydrogens (tertiary/aromatic N) is 1. The fraction of sp³-hybridized carbons (Fsp3) is 0.385. The zero-order chi connectivity index (χ0) is 13.0. The number of nitrogens with two attached hydrogens (primary N) is 1. The van der Waals surface area contributed by atoms with Crippen molar-refractivity contribution in [2.75, 3.05) is 24.5 Å². The van der Waals surface area contributed by atoms with Gasteiger partial charge in [-0.05, 0) is 31.0 Å². The molecule has 1 heterocycles. The highest BCUT2D eigenvalue weighted by atomic mass is 16.2. The summed E-state index contributed by atoms with van der Waals surface area (Å²) in [4.78, 5) is 24.8. The van der Waals surface area contributed by atoms with E-state index in [9.17, 15) is 9.59 Å². The minimum absolute atomic E-state index is 0.485. The topological polar surface area (TPSA) is 75.4 Å². The average molecular weight is 247 g/mol. The molecule has 1 aromatic carbocycles. The number of carbonyl (C=O) groups is 2. The Hall–Kier alpha value is -1.88. The molecule has 2 rings (SSSR count). The number of anilines is 1. The first-order valence-electron chi connectivity index (χ1n) is 6.11. The second kappa shape index (κ2) is 5.64. The Labute approximate surface area is 106 Å². The van der Waals surface area contributed by atoms with Gasteiger partial charge in [-0.1, -0.05) is 18.2 Å². The predicted octanol–water partition coefficient (Wildman–Crippen LogP) is 0.0407. The lowest BCUT2D eigenvalue weighted by molar-refractivity contribution is -0.138. The minimum atomic E-state index is -0.533. The van der Waals surface area contributed by atoms with Gasteiger partial charge < -0.3 is 16.0 Å². The summed E-state index contributed by atoms with van der Waals surface area (Å²) in [6, 6.07) is 7.66. The van der Waals surface area contributed by atoms with Crippen LogP contribution in [0.1, 0.15) is 12.0 Å². The molecule has 1 aromatic rings. The first kappa shape index (κ1) is 12.6. The molecule has 1 aliphatic rings. The summed E-state index contributed by atoms with van der Waals surface area (Å²) in [6.45, 7) is 1.63. The van der Waals surface area contributed by atoms with Gasteiger partial charge in [-0.3, -0.25) is 9.59 Å². The fourth-order valence-electron chi connectivity index (χ4n) is 2.09. The van der Waals surface area contributed by atoms with Crippen LogP contribution in [0.2, 0.25) is 0 Å². The number of aryl methyl sites for hydroxylation is 1. The number of para-hydroxylation sites is 1. The van der Waals surface area contributed by atoms with Crippen LogP contribution in [-0.4, -0.2) is 31.4 Å². The minimum Gasteiger partial charge on any atom is -0.346 e. The van der Waals surface area contributed by atoms with Crippen LogP contribution < -0.4 is 16.0 Å². The normalized spacial score (nSPS) is 15.7. The van der Waals surface area contributed by atoms with Gasteiger partial charge in [0.2, 0.25) is 0 Å². The molecule has 1 aliphatic heterocycles. The Morgan fingerprint density at radius 1 is 1.28 bits per heavy atom. The molecule has 0 unspecified atom stereocenters. The number of hydrogen-bond acceptors (Lipinski definition) is 3. The summed E-state index contributed by atoms with van der Waals surface area (Å²) in [5.74, 6) is -1.02. The van der Waals surface area contributed by atoms with Crippen LogP contribution in [0.25, 0.3) is 0 Å². The Morgan fingerprint density at radius 2 is 2.06 bits per heavy atom. The third-order valence-corrected chi connectivity index (χ3v) is 2.99. The zero-order valence-corrected chi connectivity index (χ0v) is 10.2. The van der Waals surface area contributed by atoms with E-state index in [0.29, 0.717) is 19.6 Å². The van der Waals surface area contributed by atoms with Crippen LogP contribution in [0, 0.1) is 0 Å². The Bertz CT molecular complexity index is 459. The highest BCUT2D eigenvalue weighted by molar-refractivity contribution is 6.41. The molecule has 2 amide bonds. The Kier molecular flexibility index (Phi) is 3.94. The predicted molar refractivity (Wildman–Crippen MR) is 69.2 cm³/mol. The molecule has 0 radical (unpaired) electrons. The highest BCUT2D eigenvalue weighted by Gasteiger charge is 2.28. The third kappa shape index (κ3) is 2.51. The fourth-order valence-corrected chi connectivity index (χ4v) is 2.09. The molecule has 1 saturated heterocycles. The molecular weight excluding hydrogens is 230 g/mol. The summed E-state index contributed by atoms with van der Waals surface area (Å²) >= 11 is 0. The average Bonchev–Trinajstić information content (AvgIpc) is 2.40. The first-order chi connectivity index (χ1) is 8.74. The van der Waals surface area contributed by atoms with Gasteiger partial charge in [0.25, 0.3) is 0 Å². The molecule has 0 aromatic heterocycles. The summed E-state index contributed by atoms with van der Waals surface area (Å²) < 4.78 is 0. The van der Waals surface area contributed by atoms with Gasteiger partial charge in [-0.25, -0.2) is 0 Å². The number of benzene rings is 1. The SMILES string of the molecule is NCCCc1ccccc1N1CCNC(=O)C1=O. The maximum Gasteiger partial charge on any atom is 0.316 e. The summed E-state index contributed by atoms with van der Waals surface area (Å²) in [5.41, 5.74) is 7.40. The van der Waals surface area contributed by atoms with Crippen molar-refractivity contribution < 1.29 is 9.59 Å². The standard InChI is InChI=1S/C13H17N3O2/c14-7-3-5-10-4-1-2-6-11(10)16-9-8-15-12(17)13(16)18/h1-2,4,6H,3,5,7-9,14H2,(H,15,17). The van der Waals surface area contributed by atoms with Gasteiger partial charge in [0.15, 0.2) is 0 Å². The van der Waals surface area contributed by atoms with Crippen LogP contribution in [0.5, 0.6) is 0 Å². The molecule has 0 aliphatic carbocycles. The van der Waals surface area contributed by atoms with Crippen LogP contribution in [0.15, 0.2) is 24.3 Å². The molecule has 5 heteroatoms. The first-order valence-corrected chi connectivity index (χ1v) is 6.11. The maximum absolute atomic E-state index is 11.8. The van der Waals surface area contributed by atoms with E-state index in [2.05, 4.69) is 5.32 Å². The number of rotatable bonds is 4. The molecule has 18 heavy (non-hydrogen) atoms. The van der Waals surface area contributed by atoms with E-state index in [0.717, 1.165) is 24.1 Å². The zero-order valence-electron chi connectivity index (χ0n) is 10.2. The van der Waals surface area contributed by atoms with E-state index in [1.165, 1.54) is 0 Å². The van der Waals surface area contributed by atoms with Crippen molar-refractivity contribution in [1.29, 1.82) is 0 Å². The van der Waals surface area contributed by atoms with E-state index in [-0.39, 0.29) is 0 Å². The monoisotopic (exact) mass is 247 g/mol. The summed E-state index contributed by atoms with van der Waals surface area (Å²) in [5, 5.41) is 2.54. The van der Waals surface area contributed by atoms with E-state index in [1.54, 1.807) is 4.90 Å². The van der Waals surface area contributed by atoms with E-state index < -0.39 is 11.8 Å². The maximum atomic E-state index is 11.8. The second-order valence-electron chi connectivity index (χ2n) is 4.23. The lowest BCUT2D eigenvalue weighted by Crippen LogP contribution is -2.52. The van der Waals surface area contributed by atoms with Gasteiger partial charge in [0.1, 0.15) is 0 Å². The van der Waals surface area contributed by atoms with Gasteiger partial charge >= 0.3 is 11.8 Å². The largest absolute Gasteiger partial charge is 0.346 e. The summed E-state index contributed by atoms with van der Waals surface area (Å²) in [7, 11) is 0. The smallest absolute Gasteiger partial charge is 0.316 e. The molecule has 0 atom stereocenters. The number of hydrogen-bond donors (Lipinski definition) is 2. The van der Waals surface area contributed by atoms with Crippen LogP contribution in [0.3, 0.4) is 0 Å². The van der Waals surface area contributed by atoms with Crippen LogP contribution in [-0.2, 0) is 16.0 Å². The van der Waals surface area contributed by atoms with E-state index in [4.69, 9.17) is 5.73 Å². The van der Waals surface area contributed by atoms with Gasteiger partial charge in [-0.15, -0.1) is 0 Å². The lowest BCUT2D eigenvalue weighted by atomic mass is 10.1. The molecule has 1 fully saturated rings. The molecule has 0 saturated carbocycles. The second-order valence-corrected chi connectivity index (χ2v) is 4.23. The van der Waals surface area contributed by atoms with Crippen molar-refractivity contribution in [2.45, 2.75) is 12.8 Å². The van der Waals surface area contributed by atoms with Crippen molar-refractivity contribution >= 4 is 17.5 Å². The van der Waals surface area contributed by atoms with Gasteiger partial charge in [0.05, 0.1) is 0 Å². The van der Waals surface area contributed by atoms with E-state index in [1.807, 2.05) is 24.3 Å². The van der Waals surface area contributed by atoms with Crippen molar-refractivity contribution in [2.24, 2.45) is 5.73 Å².